The molecule has 1 aliphatic carbocycles. The zero-order chi connectivity index (χ0) is 16.2. The van der Waals surface area contributed by atoms with Gasteiger partial charge in [0.1, 0.15) is 11.5 Å². The second-order valence-electron chi connectivity index (χ2n) is 7.03. The monoisotopic (exact) mass is 311 g/mol. The van der Waals surface area contributed by atoms with Gasteiger partial charge in [0.15, 0.2) is 0 Å². The summed E-state index contributed by atoms with van der Waals surface area (Å²) in [6.45, 7) is 4.15. The highest BCUT2D eigenvalue weighted by molar-refractivity contribution is 6.09. The van der Waals surface area contributed by atoms with Crippen LogP contribution in [0, 0.1) is 11.3 Å². The number of Topliss-reactive ketones (excluding diaryl/α,β-unsaturated/α-hetero) is 1. The number of ketones is 1. The van der Waals surface area contributed by atoms with Crippen LogP contribution in [-0.4, -0.2) is 36.8 Å². The van der Waals surface area contributed by atoms with E-state index in [-0.39, 0.29) is 28.9 Å². The lowest BCUT2D eigenvalue weighted by atomic mass is 9.67. The van der Waals surface area contributed by atoms with Crippen LogP contribution in [0.4, 0.5) is 5.95 Å². The Bertz CT molecular complexity index is 823. The number of phenols is 1. The van der Waals surface area contributed by atoms with Crippen molar-refractivity contribution in [3.05, 3.63) is 29.8 Å². The van der Waals surface area contributed by atoms with Gasteiger partial charge in [-0.2, -0.15) is 0 Å². The van der Waals surface area contributed by atoms with E-state index < -0.39 is 0 Å². The molecule has 118 valence electrons. The van der Waals surface area contributed by atoms with Gasteiger partial charge >= 0.3 is 0 Å². The molecule has 2 atom stereocenters. The van der Waals surface area contributed by atoms with Crippen LogP contribution in [0.2, 0.25) is 0 Å². The van der Waals surface area contributed by atoms with Crippen LogP contribution in [0.3, 0.4) is 0 Å². The first-order valence-corrected chi connectivity index (χ1v) is 7.62. The Morgan fingerprint density at radius 1 is 1.30 bits per heavy atom. The number of rotatable bonds is 1. The van der Waals surface area contributed by atoms with Crippen molar-refractivity contribution in [1.82, 2.24) is 20.2 Å². The SMILES string of the molecule is CC1(C)CC(=O)C2C(=Nc3nnnn3C2c2cccc(O)c2)C1. The van der Waals surface area contributed by atoms with E-state index in [2.05, 4.69) is 34.4 Å². The van der Waals surface area contributed by atoms with Crippen molar-refractivity contribution >= 4 is 17.4 Å². The molecule has 7 heteroatoms. The normalized spacial score (nSPS) is 25.5. The number of aromatic nitrogens is 4. The number of hydrogen-bond donors (Lipinski definition) is 1. The molecule has 0 spiro atoms. The molecule has 2 aromatic rings. The Morgan fingerprint density at radius 3 is 2.91 bits per heavy atom. The van der Waals surface area contributed by atoms with Gasteiger partial charge in [-0.15, -0.1) is 0 Å². The van der Waals surface area contributed by atoms with Crippen LogP contribution in [0.5, 0.6) is 5.75 Å². The van der Waals surface area contributed by atoms with Gasteiger partial charge < -0.3 is 5.11 Å². The maximum Gasteiger partial charge on any atom is 0.269 e. The predicted octanol–water partition coefficient (Wildman–Crippen LogP) is 2.06. The summed E-state index contributed by atoms with van der Waals surface area (Å²) in [6, 6.07) is 6.55. The highest BCUT2D eigenvalue weighted by Gasteiger charge is 2.46. The van der Waals surface area contributed by atoms with Crippen molar-refractivity contribution < 1.29 is 9.90 Å². The summed E-state index contributed by atoms with van der Waals surface area (Å²) in [4.78, 5) is 17.4. The third-order valence-corrected chi connectivity index (χ3v) is 4.53. The summed E-state index contributed by atoms with van der Waals surface area (Å²) in [5.74, 6) is 0.343. The van der Waals surface area contributed by atoms with Crippen LogP contribution in [0.15, 0.2) is 29.3 Å². The van der Waals surface area contributed by atoms with Crippen molar-refractivity contribution in [3.8, 4) is 5.75 Å². The molecule has 0 bridgehead atoms. The van der Waals surface area contributed by atoms with Gasteiger partial charge in [0.05, 0.1) is 12.0 Å². The maximum absolute atomic E-state index is 12.8. The molecule has 1 N–H and O–H groups in total. The second-order valence-corrected chi connectivity index (χ2v) is 7.03. The Hall–Kier alpha value is -2.57. The van der Waals surface area contributed by atoms with Crippen molar-refractivity contribution in [2.45, 2.75) is 32.7 Å². The first-order chi connectivity index (χ1) is 10.9. The van der Waals surface area contributed by atoms with Gasteiger partial charge in [-0.25, -0.2) is 9.67 Å². The molecule has 1 aliphatic heterocycles. The van der Waals surface area contributed by atoms with Crippen LogP contribution >= 0.6 is 0 Å². The van der Waals surface area contributed by atoms with E-state index in [1.54, 1.807) is 22.9 Å². The zero-order valence-electron chi connectivity index (χ0n) is 13.0. The minimum absolute atomic E-state index is 0.106. The molecule has 0 radical (unpaired) electrons. The van der Waals surface area contributed by atoms with Gasteiger partial charge in [-0.3, -0.25) is 4.79 Å². The Labute approximate surface area is 133 Å². The molecule has 1 saturated carbocycles. The number of tetrazole rings is 1. The largest absolute Gasteiger partial charge is 0.508 e. The zero-order valence-corrected chi connectivity index (χ0v) is 13.0. The molecule has 23 heavy (non-hydrogen) atoms. The summed E-state index contributed by atoms with van der Waals surface area (Å²) in [5, 5.41) is 21.5. The average molecular weight is 311 g/mol. The molecule has 2 unspecified atom stereocenters. The number of phenolic OH excluding ortho intramolecular Hbond substituents is 1. The van der Waals surface area contributed by atoms with Gasteiger partial charge in [0, 0.05) is 12.1 Å². The number of fused-ring (bicyclic) bond motifs is 2. The number of aromatic hydroxyl groups is 1. The molecule has 2 heterocycles. The number of hydrogen-bond acceptors (Lipinski definition) is 6. The molecule has 7 nitrogen and oxygen atoms in total. The minimum Gasteiger partial charge on any atom is -0.508 e. The number of aliphatic imine (C=N–C) groups is 1. The molecule has 1 aromatic carbocycles. The second kappa shape index (κ2) is 4.71. The first-order valence-electron chi connectivity index (χ1n) is 7.62. The lowest BCUT2D eigenvalue weighted by Crippen LogP contribution is -2.44. The lowest BCUT2D eigenvalue weighted by molar-refractivity contribution is -0.124. The lowest BCUT2D eigenvalue weighted by Gasteiger charge is -2.39. The fourth-order valence-corrected chi connectivity index (χ4v) is 3.65. The molecular formula is C16H17N5O2. The van der Waals surface area contributed by atoms with E-state index in [1.165, 1.54) is 0 Å². The molecule has 0 saturated heterocycles. The standard InChI is InChI=1S/C16H17N5O2/c1-16(2)7-11-13(12(23)8-16)14(9-4-3-5-10(22)6-9)21-15(17-11)18-19-20-21/h3-6,13-14,22H,7-8H2,1-2H3. The first kappa shape index (κ1) is 14.0. The van der Waals surface area contributed by atoms with Gasteiger partial charge in [0.25, 0.3) is 5.95 Å². The van der Waals surface area contributed by atoms with Crippen molar-refractivity contribution in [2.75, 3.05) is 0 Å². The number of carbonyl (C=O) groups is 1. The smallest absolute Gasteiger partial charge is 0.269 e. The van der Waals surface area contributed by atoms with Crippen molar-refractivity contribution in [1.29, 1.82) is 0 Å². The Balaban J connectivity index is 1.89. The third kappa shape index (κ3) is 2.23. The summed E-state index contributed by atoms with van der Waals surface area (Å²) in [7, 11) is 0. The van der Waals surface area contributed by atoms with E-state index in [0.29, 0.717) is 12.4 Å². The van der Waals surface area contributed by atoms with Gasteiger partial charge in [-0.05, 0) is 40.0 Å². The average Bonchev–Trinajstić information content (AvgIpc) is 2.91. The van der Waals surface area contributed by atoms with E-state index in [9.17, 15) is 9.90 Å². The van der Waals surface area contributed by atoms with Crippen LogP contribution in [0.1, 0.15) is 38.3 Å². The Morgan fingerprint density at radius 2 is 2.13 bits per heavy atom. The quantitative estimate of drug-likeness (QED) is 0.870. The maximum atomic E-state index is 12.8. The number of benzene rings is 1. The fourth-order valence-electron chi connectivity index (χ4n) is 3.65. The topological polar surface area (TPSA) is 93.3 Å². The van der Waals surface area contributed by atoms with Crippen LogP contribution in [0.25, 0.3) is 0 Å². The highest BCUT2D eigenvalue weighted by atomic mass is 16.3. The number of carbonyl (C=O) groups excluding carboxylic acids is 1. The van der Waals surface area contributed by atoms with E-state index in [4.69, 9.17) is 0 Å². The van der Waals surface area contributed by atoms with Crippen LogP contribution < -0.4 is 0 Å². The summed E-state index contributed by atoms with van der Waals surface area (Å²) in [6.07, 6.45) is 1.25. The molecule has 1 fully saturated rings. The molecular weight excluding hydrogens is 294 g/mol. The minimum atomic E-state index is -0.374. The Kier molecular flexibility index (Phi) is 2.88. The molecule has 4 rings (SSSR count). The summed E-state index contributed by atoms with van der Waals surface area (Å²) < 4.78 is 1.58. The highest BCUT2D eigenvalue weighted by Crippen LogP contribution is 2.44. The van der Waals surface area contributed by atoms with Gasteiger partial charge in [0.2, 0.25) is 0 Å². The summed E-state index contributed by atoms with van der Waals surface area (Å²) >= 11 is 0. The predicted molar refractivity (Wildman–Crippen MR) is 82.7 cm³/mol. The molecule has 0 amide bonds. The van der Waals surface area contributed by atoms with Gasteiger partial charge in [-0.1, -0.05) is 31.1 Å². The third-order valence-electron chi connectivity index (χ3n) is 4.53. The van der Waals surface area contributed by atoms with Crippen molar-refractivity contribution in [2.24, 2.45) is 16.3 Å². The van der Waals surface area contributed by atoms with E-state index in [0.717, 1.165) is 17.7 Å². The summed E-state index contributed by atoms with van der Waals surface area (Å²) in [5.41, 5.74) is 1.54. The number of nitrogens with zero attached hydrogens (tertiary/aromatic N) is 5. The molecule has 1 aromatic heterocycles. The fraction of sp³-hybridized carbons (Fsp3) is 0.438. The molecule has 2 aliphatic rings. The van der Waals surface area contributed by atoms with Crippen LogP contribution in [-0.2, 0) is 4.79 Å². The van der Waals surface area contributed by atoms with E-state index >= 15 is 0 Å². The van der Waals surface area contributed by atoms with Crippen molar-refractivity contribution in [3.63, 3.8) is 0 Å². The van der Waals surface area contributed by atoms with E-state index in [1.807, 2.05) is 6.07 Å².